The first kappa shape index (κ1) is 19.4. The molecule has 0 N–H and O–H groups in total. The molecule has 1 fully saturated rings. The van der Waals surface area contributed by atoms with Gasteiger partial charge in [-0.15, -0.1) is 0 Å². The molecule has 26 heavy (non-hydrogen) atoms. The van der Waals surface area contributed by atoms with Crippen molar-refractivity contribution in [3.63, 3.8) is 0 Å². The molecular formula is C17H16Cl2N2O3S2. The normalized spacial score (nSPS) is 16.3. The first-order valence-electron chi connectivity index (χ1n) is 7.83. The molecule has 138 valence electrons. The zero-order chi connectivity index (χ0) is 18.7. The minimum atomic E-state index is -3.81. The van der Waals surface area contributed by atoms with Gasteiger partial charge in [0.1, 0.15) is 4.90 Å². The number of amides is 1. The fourth-order valence-corrected chi connectivity index (χ4v) is 5.79. The van der Waals surface area contributed by atoms with Crippen molar-refractivity contribution < 1.29 is 13.2 Å². The van der Waals surface area contributed by atoms with E-state index in [1.54, 1.807) is 28.4 Å². The second-order valence-electron chi connectivity index (χ2n) is 5.67. The molecule has 5 nitrogen and oxygen atoms in total. The molecule has 0 spiro atoms. The fourth-order valence-electron chi connectivity index (χ4n) is 2.65. The molecular weight excluding hydrogens is 415 g/mol. The Morgan fingerprint density at radius 2 is 1.73 bits per heavy atom. The van der Waals surface area contributed by atoms with E-state index in [4.69, 9.17) is 23.2 Å². The van der Waals surface area contributed by atoms with Crippen LogP contribution in [0.4, 0.5) is 0 Å². The number of sulfonamides is 1. The number of carbonyl (C=O) groups is 1. The summed E-state index contributed by atoms with van der Waals surface area (Å²) in [6, 6.07) is 6.51. The summed E-state index contributed by atoms with van der Waals surface area (Å²) in [5.74, 6) is -0.135. The quantitative estimate of drug-likeness (QED) is 0.696. The highest BCUT2D eigenvalue weighted by atomic mass is 35.5. The van der Waals surface area contributed by atoms with Gasteiger partial charge in [-0.1, -0.05) is 29.3 Å². The minimum absolute atomic E-state index is 0.0829. The Labute approximate surface area is 166 Å². The molecule has 1 aliphatic rings. The maximum atomic E-state index is 12.8. The van der Waals surface area contributed by atoms with Gasteiger partial charge in [0, 0.05) is 32.3 Å². The van der Waals surface area contributed by atoms with Gasteiger partial charge in [-0.05, 0) is 40.6 Å². The van der Waals surface area contributed by atoms with E-state index < -0.39 is 10.0 Å². The first-order chi connectivity index (χ1) is 12.4. The van der Waals surface area contributed by atoms with Crippen molar-refractivity contribution in [2.45, 2.75) is 4.90 Å². The Bertz CT molecular complexity index is 899. The third kappa shape index (κ3) is 4.13. The summed E-state index contributed by atoms with van der Waals surface area (Å²) in [6.45, 7) is 1.02. The standard InChI is InChI=1S/C17H16Cl2N2O3S2/c18-14-2-1-3-15(19)17(14)26(23,24)21-9-7-20(8-10-21)16(22)5-4-13-6-11-25-12-13/h1-6,11-12H,7-10H2/b5-4+. The van der Waals surface area contributed by atoms with E-state index in [0.29, 0.717) is 13.1 Å². The van der Waals surface area contributed by atoms with Gasteiger partial charge in [0.25, 0.3) is 0 Å². The lowest BCUT2D eigenvalue weighted by molar-refractivity contribution is -0.127. The van der Waals surface area contributed by atoms with Gasteiger partial charge in [-0.25, -0.2) is 8.42 Å². The van der Waals surface area contributed by atoms with E-state index in [0.717, 1.165) is 5.56 Å². The Kier molecular flexibility index (Phi) is 6.04. The molecule has 9 heteroatoms. The molecule has 0 unspecified atom stereocenters. The number of rotatable bonds is 4. The summed E-state index contributed by atoms with van der Waals surface area (Å²) >= 11 is 13.6. The largest absolute Gasteiger partial charge is 0.337 e. The molecule has 3 rings (SSSR count). The van der Waals surface area contributed by atoms with Crippen LogP contribution in [0.3, 0.4) is 0 Å². The Balaban J connectivity index is 1.67. The van der Waals surface area contributed by atoms with Crippen LogP contribution in [0.2, 0.25) is 10.0 Å². The van der Waals surface area contributed by atoms with Crippen molar-refractivity contribution >= 4 is 56.5 Å². The van der Waals surface area contributed by atoms with E-state index in [1.807, 2.05) is 16.8 Å². The van der Waals surface area contributed by atoms with Crippen molar-refractivity contribution in [3.05, 3.63) is 56.7 Å². The molecule has 0 radical (unpaired) electrons. The highest BCUT2D eigenvalue weighted by molar-refractivity contribution is 7.89. The smallest absolute Gasteiger partial charge is 0.246 e. The number of thiophene rings is 1. The summed E-state index contributed by atoms with van der Waals surface area (Å²) in [5.41, 5.74) is 0.970. The summed E-state index contributed by atoms with van der Waals surface area (Å²) in [7, 11) is -3.81. The topological polar surface area (TPSA) is 57.7 Å². The lowest BCUT2D eigenvalue weighted by Crippen LogP contribution is -2.50. The first-order valence-corrected chi connectivity index (χ1v) is 11.0. The zero-order valence-corrected chi connectivity index (χ0v) is 16.8. The van der Waals surface area contributed by atoms with Crippen molar-refractivity contribution in [2.75, 3.05) is 26.2 Å². The van der Waals surface area contributed by atoms with Crippen LogP contribution in [0.15, 0.2) is 46.0 Å². The van der Waals surface area contributed by atoms with E-state index in [1.165, 1.54) is 22.5 Å². The maximum Gasteiger partial charge on any atom is 0.246 e. The van der Waals surface area contributed by atoms with Gasteiger partial charge in [-0.2, -0.15) is 15.6 Å². The van der Waals surface area contributed by atoms with Crippen molar-refractivity contribution in [1.29, 1.82) is 0 Å². The van der Waals surface area contributed by atoms with Crippen LogP contribution in [0.25, 0.3) is 6.08 Å². The molecule has 0 atom stereocenters. The number of benzene rings is 1. The van der Waals surface area contributed by atoms with E-state index in [9.17, 15) is 13.2 Å². The van der Waals surface area contributed by atoms with Crippen LogP contribution in [0.5, 0.6) is 0 Å². The highest BCUT2D eigenvalue weighted by Gasteiger charge is 2.32. The van der Waals surface area contributed by atoms with Crippen molar-refractivity contribution in [2.24, 2.45) is 0 Å². The number of halogens is 2. The van der Waals surface area contributed by atoms with E-state index in [-0.39, 0.29) is 33.9 Å². The van der Waals surface area contributed by atoms with Crippen molar-refractivity contribution in [1.82, 2.24) is 9.21 Å². The van der Waals surface area contributed by atoms with Crippen LogP contribution >= 0.6 is 34.5 Å². The number of piperazine rings is 1. The lowest BCUT2D eigenvalue weighted by atomic mass is 10.3. The number of hydrogen-bond donors (Lipinski definition) is 0. The monoisotopic (exact) mass is 430 g/mol. The predicted octanol–water partition coefficient (Wildman–Crippen LogP) is 3.60. The molecule has 0 saturated carbocycles. The average Bonchev–Trinajstić information content (AvgIpc) is 3.13. The molecule has 1 aromatic heterocycles. The third-order valence-corrected chi connectivity index (χ3v) is 7.58. The SMILES string of the molecule is O=C(/C=C/c1ccsc1)N1CCN(S(=O)(=O)c2c(Cl)cccc2Cl)CC1. The van der Waals surface area contributed by atoms with Gasteiger partial charge in [0.2, 0.25) is 15.9 Å². The maximum absolute atomic E-state index is 12.8. The van der Waals surface area contributed by atoms with Gasteiger partial charge in [0.15, 0.2) is 0 Å². The molecule has 2 heterocycles. The Morgan fingerprint density at radius 1 is 1.08 bits per heavy atom. The molecule has 1 aromatic carbocycles. The second-order valence-corrected chi connectivity index (χ2v) is 9.14. The van der Waals surface area contributed by atoms with Gasteiger partial charge in [0.05, 0.1) is 10.0 Å². The van der Waals surface area contributed by atoms with Gasteiger partial charge < -0.3 is 4.90 Å². The molecule has 1 saturated heterocycles. The van der Waals surface area contributed by atoms with Crippen LogP contribution in [-0.4, -0.2) is 49.7 Å². The van der Waals surface area contributed by atoms with E-state index in [2.05, 4.69) is 0 Å². The summed E-state index contributed by atoms with van der Waals surface area (Å²) in [4.78, 5) is 13.8. The van der Waals surface area contributed by atoms with Crippen LogP contribution in [0.1, 0.15) is 5.56 Å². The van der Waals surface area contributed by atoms with Crippen LogP contribution in [-0.2, 0) is 14.8 Å². The average molecular weight is 431 g/mol. The zero-order valence-electron chi connectivity index (χ0n) is 13.6. The number of hydrogen-bond acceptors (Lipinski definition) is 4. The minimum Gasteiger partial charge on any atom is -0.337 e. The summed E-state index contributed by atoms with van der Waals surface area (Å²) < 4.78 is 27.0. The number of nitrogens with zero attached hydrogens (tertiary/aromatic N) is 2. The second kappa shape index (κ2) is 8.10. The molecule has 0 aliphatic carbocycles. The van der Waals surface area contributed by atoms with Crippen LogP contribution in [0, 0.1) is 0 Å². The summed E-state index contributed by atoms with van der Waals surface area (Å²) in [5, 5.41) is 4.07. The lowest BCUT2D eigenvalue weighted by Gasteiger charge is -2.33. The molecule has 2 aromatic rings. The van der Waals surface area contributed by atoms with E-state index >= 15 is 0 Å². The molecule has 1 aliphatic heterocycles. The van der Waals surface area contributed by atoms with Crippen LogP contribution < -0.4 is 0 Å². The van der Waals surface area contributed by atoms with Gasteiger partial charge >= 0.3 is 0 Å². The Morgan fingerprint density at radius 3 is 2.31 bits per heavy atom. The number of carbonyl (C=O) groups excluding carboxylic acids is 1. The molecule has 0 bridgehead atoms. The fraction of sp³-hybridized carbons (Fsp3) is 0.235. The summed E-state index contributed by atoms with van der Waals surface area (Å²) in [6.07, 6.45) is 3.27. The highest BCUT2D eigenvalue weighted by Crippen LogP contribution is 2.31. The predicted molar refractivity (Wildman–Crippen MR) is 105 cm³/mol. The van der Waals surface area contributed by atoms with Crippen molar-refractivity contribution in [3.8, 4) is 0 Å². The van der Waals surface area contributed by atoms with Gasteiger partial charge in [-0.3, -0.25) is 4.79 Å². The molecule has 1 amide bonds. The Hall–Kier alpha value is -1.38. The third-order valence-electron chi connectivity index (χ3n) is 4.03.